The summed E-state index contributed by atoms with van der Waals surface area (Å²) in [4.78, 5) is 4.17. The molecule has 0 aliphatic heterocycles. The predicted octanol–water partition coefficient (Wildman–Crippen LogP) is 3.03. The highest BCUT2D eigenvalue weighted by Crippen LogP contribution is 2.13. The number of hydrogen-bond acceptors (Lipinski definition) is 1. The van der Waals surface area contributed by atoms with Crippen LogP contribution in [0.15, 0.2) is 53.2 Å². The minimum atomic E-state index is 0.993. The zero-order chi connectivity index (χ0) is 8.97. The molecule has 0 saturated carbocycles. The first kappa shape index (κ1) is 8.72. The van der Waals surface area contributed by atoms with Crippen LogP contribution in [0.5, 0.6) is 0 Å². The lowest BCUT2D eigenvalue weighted by atomic mass is 10.0. The van der Waals surface area contributed by atoms with Crippen molar-refractivity contribution in [2.75, 3.05) is 0 Å². The minimum absolute atomic E-state index is 0.993. The fourth-order valence-corrected chi connectivity index (χ4v) is 1.11. The fraction of sp³-hybridized carbons (Fsp3) is 0.182. The summed E-state index contributed by atoms with van der Waals surface area (Å²) in [5.41, 5.74) is 3.46. The molecule has 12 heavy (non-hydrogen) atoms. The van der Waals surface area contributed by atoms with Crippen LogP contribution in [0.25, 0.3) is 0 Å². The molecule has 0 N–H and O–H groups in total. The summed E-state index contributed by atoms with van der Waals surface area (Å²) in [5.74, 6) is 0. The zero-order valence-corrected chi connectivity index (χ0v) is 7.54. The molecule has 1 aliphatic rings. The molecular formula is C11H13N. The van der Waals surface area contributed by atoms with Gasteiger partial charge in [0, 0.05) is 6.20 Å². The maximum atomic E-state index is 4.17. The molecule has 1 aliphatic carbocycles. The molecule has 0 fully saturated rings. The van der Waals surface area contributed by atoms with Crippen molar-refractivity contribution in [2.24, 2.45) is 4.99 Å². The van der Waals surface area contributed by atoms with E-state index in [1.54, 1.807) is 6.20 Å². The number of hydrogen-bond donors (Lipinski definition) is 0. The van der Waals surface area contributed by atoms with E-state index < -0.39 is 0 Å². The number of aliphatic imine (C=N–C) groups is 1. The third-order valence-electron chi connectivity index (χ3n) is 1.67. The SMILES string of the molecule is C=C/N=C1/C=CC=CC1=C(C)C. The van der Waals surface area contributed by atoms with E-state index in [4.69, 9.17) is 0 Å². The molecule has 0 saturated heterocycles. The first-order valence-electron chi connectivity index (χ1n) is 3.97. The molecule has 0 radical (unpaired) electrons. The molecule has 0 aromatic carbocycles. The van der Waals surface area contributed by atoms with Crippen LogP contribution in [0.4, 0.5) is 0 Å². The van der Waals surface area contributed by atoms with Crippen molar-refractivity contribution in [3.05, 3.63) is 48.2 Å². The highest BCUT2D eigenvalue weighted by Gasteiger charge is 2.03. The molecule has 0 unspecified atom stereocenters. The van der Waals surface area contributed by atoms with Gasteiger partial charge in [-0.25, -0.2) is 0 Å². The number of rotatable bonds is 1. The van der Waals surface area contributed by atoms with Crippen molar-refractivity contribution in [3.63, 3.8) is 0 Å². The van der Waals surface area contributed by atoms with Gasteiger partial charge in [-0.3, -0.25) is 4.99 Å². The highest BCUT2D eigenvalue weighted by molar-refractivity contribution is 6.12. The van der Waals surface area contributed by atoms with E-state index in [1.165, 1.54) is 11.1 Å². The van der Waals surface area contributed by atoms with Crippen molar-refractivity contribution >= 4 is 5.71 Å². The first-order chi connectivity index (χ1) is 5.75. The van der Waals surface area contributed by atoms with Gasteiger partial charge >= 0.3 is 0 Å². The smallest absolute Gasteiger partial charge is 0.0701 e. The second-order valence-electron chi connectivity index (χ2n) is 2.83. The van der Waals surface area contributed by atoms with Gasteiger partial charge in [-0.2, -0.15) is 0 Å². The van der Waals surface area contributed by atoms with Gasteiger partial charge < -0.3 is 0 Å². The van der Waals surface area contributed by atoms with E-state index in [1.807, 2.05) is 18.2 Å². The largest absolute Gasteiger partial charge is 0.257 e. The molecular weight excluding hydrogens is 146 g/mol. The summed E-state index contributed by atoms with van der Waals surface area (Å²) in [6, 6.07) is 0. The molecule has 0 heterocycles. The van der Waals surface area contributed by atoms with Crippen molar-refractivity contribution in [1.29, 1.82) is 0 Å². The van der Waals surface area contributed by atoms with Crippen LogP contribution < -0.4 is 0 Å². The Labute approximate surface area is 73.5 Å². The Morgan fingerprint density at radius 3 is 2.58 bits per heavy atom. The minimum Gasteiger partial charge on any atom is -0.257 e. The number of nitrogens with zero attached hydrogens (tertiary/aromatic N) is 1. The second-order valence-corrected chi connectivity index (χ2v) is 2.83. The maximum absolute atomic E-state index is 4.17. The third-order valence-corrected chi connectivity index (χ3v) is 1.67. The second kappa shape index (κ2) is 3.86. The van der Waals surface area contributed by atoms with Crippen molar-refractivity contribution < 1.29 is 0 Å². The van der Waals surface area contributed by atoms with Gasteiger partial charge in [0.05, 0.1) is 5.71 Å². The summed E-state index contributed by atoms with van der Waals surface area (Å²) in [6.07, 6.45) is 9.63. The Bertz CT molecular complexity index is 297. The van der Waals surface area contributed by atoms with Gasteiger partial charge in [0.15, 0.2) is 0 Å². The van der Waals surface area contributed by atoms with Gasteiger partial charge in [0.2, 0.25) is 0 Å². The van der Waals surface area contributed by atoms with Crippen LogP contribution in [0, 0.1) is 0 Å². The van der Waals surface area contributed by atoms with E-state index in [0.717, 1.165) is 5.71 Å². The van der Waals surface area contributed by atoms with Crippen molar-refractivity contribution in [2.45, 2.75) is 13.8 Å². The standard InChI is InChI=1S/C11H13N/c1-4-12-11-8-6-5-7-10(11)9(2)3/h4-8H,1H2,2-3H3/b12-11-. The van der Waals surface area contributed by atoms with Gasteiger partial charge in [0.25, 0.3) is 0 Å². The van der Waals surface area contributed by atoms with Crippen molar-refractivity contribution in [1.82, 2.24) is 0 Å². The van der Waals surface area contributed by atoms with Crippen LogP contribution in [-0.2, 0) is 0 Å². The predicted molar refractivity (Wildman–Crippen MR) is 54.3 cm³/mol. The number of allylic oxidation sites excluding steroid dienone is 6. The molecule has 0 atom stereocenters. The summed E-state index contributed by atoms with van der Waals surface area (Å²) in [7, 11) is 0. The molecule has 0 spiro atoms. The third kappa shape index (κ3) is 1.82. The average molecular weight is 159 g/mol. The highest BCUT2D eigenvalue weighted by atomic mass is 14.7. The average Bonchev–Trinajstić information content (AvgIpc) is 2.05. The normalized spacial score (nSPS) is 18.5. The molecule has 1 nitrogen and oxygen atoms in total. The lowest BCUT2D eigenvalue weighted by Gasteiger charge is -2.07. The van der Waals surface area contributed by atoms with E-state index >= 15 is 0 Å². The lowest BCUT2D eigenvalue weighted by Crippen LogP contribution is -2.00. The van der Waals surface area contributed by atoms with Gasteiger partial charge in [-0.1, -0.05) is 30.4 Å². The molecule has 0 amide bonds. The van der Waals surface area contributed by atoms with E-state index in [-0.39, 0.29) is 0 Å². The van der Waals surface area contributed by atoms with E-state index in [2.05, 4.69) is 31.5 Å². The molecule has 1 rings (SSSR count). The Morgan fingerprint density at radius 1 is 1.33 bits per heavy atom. The Hall–Kier alpha value is -1.37. The van der Waals surface area contributed by atoms with Gasteiger partial charge in [-0.15, -0.1) is 0 Å². The van der Waals surface area contributed by atoms with Crippen LogP contribution in [0.2, 0.25) is 0 Å². The van der Waals surface area contributed by atoms with E-state index in [0.29, 0.717) is 0 Å². The van der Waals surface area contributed by atoms with Crippen LogP contribution in [0.3, 0.4) is 0 Å². The fourth-order valence-electron chi connectivity index (χ4n) is 1.11. The Balaban J connectivity index is 3.10. The monoisotopic (exact) mass is 159 g/mol. The Morgan fingerprint density at radius 2 is 2.00 bits per heavy atom. The molecule has 0 bridgehead atoms. The van der Waals surface area contributed by atoms with Gasteiger partial charge in [0.1, 0.15) is 0 Å². The molecule has 0 aromatic heterocycles. The van der Waals surface area contributed by atoms with Crippen LogP contribution in [0.1, 0.15) is 13.8 Å². The summed E-state index contributed by atoms with van der Waals surface area (Å²) < 4.78 is 0. The summed E-state index contributed by atoms with van der Waals surface area (Å²) >= 11 is 0. The topological polar surface area (TPSA) is 12.4 Å². The molecule has 0 aromatic rings. The lowest BCUT2D eigenvalue weighted by molar-refractivity contribution is 1.35. The summed E-state index contributed by atoms with van der Waals surface area (Å²) in [6.45, 7) is 7.74. The summed E-state index contributed by atoms with van der Waals surface area (Å²) in [5, 5.41) is 0. The zero-order valence-electron chi connectivity index (χ0n) is 7.54. The van der Waals surface area contributed by atoms with Gasteiger partial charge in [-0.05, 0) is 25.5 Å². The maximum Gasteiger partial charge on any atom is 0.0701 e. The molecule has 62 valence electrons. The molecule has 1 heteroatoms. The first-order valence-corrected chi connectivity index (χ1v) is 3.97. The van der Waals surface area contributed by atoms with Crippen LogP contribution >= 0.6 is 0 Å². The Kier molecular flexibility index (Phi) is 2.81. The van der Waals surface area contributed by atoms with E-state index in [9.17, 15) is 0 Å². The van der Waals surface area contributed by atoms with Crippen molar-refractivity contribution in [3.8, 4) is 0 Å². The van der Waals surface area contributed by atoms with Crippen LogP contribution in [-0.4, -0.2) is 5.71 Å². The quantitative estimate of drug-likeness (QED) is 0.557.